The van der Waals surface area contributed by atoms with Gasteiger partial charge in [-0.1, -0.05) is 36.4 Å². The van der Waals surface area contributed by atoms with Crippen LogP contribution in [0.1, 0.15) is 15.9 Å². The average molecular weight is 386 g/mol. The van der Waals surface area contributed by atoms with Crippen LogP contribution in [0.5, 0.6) is 0 Å². The summed E-state index contributed by atoms with van der Waals surface area (Å²) < 4.78 is 2.87. The van der Waals surface area contributed by atoms with Gasteiger partial charge in [-0.05, 0) is 22.4 Å². The predicted molar refractivity (Wildman–Crippen MR) is 105 cm³/mol. The number of aromatic nitrogens is 6. The molecule has 3 aromatic heterocycles. The Morgan fingerprint density at radius 2 is 1.93 bits per heavy atom. The molecule has 142 valence electrons. The van der Waals surface area contributed by atoms with Crippen molar-refractivity contribution in [1.29, 1.82) is 0 Å². The van der Waals surface area contributed by atoms with Crippen LogP contribution in [0, 0.1) is 0 Å². The Hall–Kier alpha value is -4.27. The summed E-state index contributed by atoms with van der Waals surface area (Å²) in [6, 6.07) is 14.2. The van der Waals surface area contributed by atoms with Crippen molar-refractivity contribution in [3.05, 3.63) is 82.5 Å². The zero-order valence-electron chi connectivity index (χ0n) is 15.0. The van der Waals surface area contributed by atoms with E-state index in [2.05, 4.69) is 38.4 Å². The SMILES string of the molecule is O=C(O)c1cnn(-c2nc3cn(Cc4ccc5ccccc5c4)nc3c(=O)[nH]2)c1. The third-order valence-electron chi connectivity index (χ3n) is 4.61. The molecule has 0 aliphatic heterocycles. The van der Waals surface area contributed by atoms with Gasteiger partial charge in [-0.3, -0.25) is 14.5 Å². The molecule has 0 bridgehead atoms. The van der Waals surface area contributed by atoms with Crippen LogP contribution in [0.25, 0.3) is 27.8 Å². The van der Waals surface area contributed by atoms with Crippen LogP contribution < -0.4 is 5.56 Å². The van der Waals surface area contributed by atoms with Gasteiger partial charge in [0.25, 0.3) is 5.56 Å². The van der Waals surface area contributed by atoms with Crippen molar-refractivity contribution < 1.29 is 9.90 Å². The van der Waals surface area contributed by atoms with Gasteiger partial charge in [0.15, 0.2) is 5.52 Å². The predicted octanol–water partition coefficient (Wildman–Crippen LogP) is 2.21. The fourth-order valence-corrected chi connectivity index (χ4v) is 3.22. The lowest BCUT2D eigenvalue weighted by Crippen LogP contribution is -2.14. The monoisotopic (exact) mass is 386 g/mol. The summed E-state index contributed by atoms with van der Waals surface area (Å²) in [6.45, 7) is 0.487. The number of hydrogen-bond donors (Lipinski definition) is 2. The van der Waals surface area contributed by atoms with Crippen molar-refractivity contribution in [2.45, 2.75) is 6.54 Å². The second kappa shape index (κ2) is 6.41. The second-order valence-electron chi connectivity index (χ2n) is 6.61. The standard InChI is InChI=1S/C20H14N6O3/c27-18-17-16(22-20(23-18)26-10-15(8-21-26)19(28)29)11-25(24-17)9-12-5-6-13-3-1-2-4-14(13)7-12/h1-8,10-11H,9H2,(H,28,29)(H,22,23,27). The van der Waals surface area contributed by atoms with E-state index in [1.807, 2.05) is 24.3 Å². The minimum Gasteiger partial charge on any atom is -0.478 e. The van der Waals surface area contributed by atoms with Gasteiger partial charge >= 0.3 is 5.97 Å². The maximum atomic E-state index is 12.4. The minimum absolute atomic E-state index is 0.000236. The van der Waals surface area contributed by atoms with Gasteiger partial charge in [-0.2, -0.15) is 10.2 Å². The number of aromatic amines is 1. The fourth-order valence-electron chi connectivity index (χ4n) is 3.22. The van der Waals surface area contributed by atoms with Crippen molar-refractivity contribution in [1.82, 2.24) is 29.5 Å². The number of nitrogens with one attached hydrogen (secondary N) is 1. The van der Waals surface area contributed by atoms with Crippen molar-refractivity contribution in [2.24, 2.45) is 0 Å². The van der Waals surface area contributed by atoms with E-state index in [4.69, 9.17) is 5.11 Å². The van der Waals surface area contributed by atoms with Crippen LogP contribution in [0.4, 0.5) is 0 Å². The molecule has 2 N–H and O–H groups in total. The summed E-state index contributed by atoms with van der Waals surface area (Å²) in [7, 11) is 0. The number of fused-ring (bicyclic) bond motifs is 2. The molecule has 0 atom stereocenters. The number of H-pyrrole nitrogens is 1. The first-order chi connectivity index (χ1) is 14.1. The highest BCUT2D eigenvalue weighted by molar-refractivity contribution is 5.87. The van der Waals surface area contributed by atoms with Crippen molar-refractivity contribution >= 4 is 27.8 Å². The molecule has 29 heavy (non-hydrogen) atoms. The number of rotatable bonds is 4. The van der Waals surface area contributed by atoms with Crippen molar-refractivity contribution in [2.75, 3.05) is 0 Å². The van der Waals surface area contributed by atoms with Crippen LogP contribution in [0.15, 0.2) is 65.8 Å². The van der Waals surface area contributed by atoms with E-state index in [1.54, 1.807) is 10.9 Å². The molecule has 0 amide bonds. The van der Waals surface area contributed by atoms with E-state index < -0.39 is 11.5 Å². The molecule has 0 fully saturated rings. The molecule has 9 heteroatoms. The molecule has 0 saturated carbocycles. The summed E-state index contributed by atoms with van der Waals surface area (Å²) in [4.78, 5) is 30.4. The molecule has 0 unspecified atom stereocenters. The Labute approximate surface area is 162 Å². The van der Waals surface area contributed by atoms with E-state index >= 15 is 0 Å². The normalized spacial score (nSPS) is 11.3. The number of nitrogens with zero attached hydrogens (tertiary/aromatic N) is 5. The summed E-state index contributed by atoms with van der Waals surface area (Å²) in [5, 5.41) is 19.6. The quantitative estimate of drug-likeness (QED) is 0.489. The van der Waals surface area contributed by atoms with Gasteiger partial charge < -0.3 is 5.11 Å². The molecule has 5 aromatic rings. The first kappa shape index (κ1) is 16.9. The van der Waals surface area contributed by atoms with Crippen LogP contribution >= 0.6 is 0 Å². The Kier molecular flexibility index (Phi) is 3.73. The summed E-state index contributed by atoms with van der Waals surface area (Å²) in [6.07, 6.45) is 4.16. The lowest BCUT2D eigenvalue weighted by molar-refractivity contribution is 0.0697. The number of carbonyl (C=O) groups is 1. The molecular weight excluding hydrogens is 372 g/mol. The molecule has 2 aromatic carbocycles. The molecule has 0 saturated heterocycles. The van der Waals surface area contributed by atoms with Crippen molar-refractivity contribution in [3.63, 3.8) is 0 Å². The summed E-state index contributed by atoms with van der Waals surface area (Å²) in [5.74, 6) is -0.983. The van der Waals surface area contributed by atoms with E-state index in [-0.39, 0.29) is 17.0 Å². The zero-order valence-corrected chi connectivity index (χ0v) is 15.0. The molecule has 0 aliphatic carbocycles. The van der Waals surface area contributed by atoms with Crippen molar-refractivity contribution in [3.8, 4) is 5.95 Å². The third-order valence-corrected chi connectivity index (χ3v) is 4.61. The van der Waals surface area contributed by atoms with Gasteiger partial charge in [0, 0.05) is 6.20 Å². The fraction of sp³-hybridized carbons (Fsp3) is 0.0500. The summed E-state index contributed by atoms with van der Waals surface area (Å²) in [5.41, 5.74) is 1.23. The molecule has 0 spiro atoms. The highest BCUT2D eigenvalue weighted by Crippen LogP contribution is 2.17. The number of carboxylic acid groups (broad SMARTS) is 1. The number of aromatic carboxylic acids is 1. The molecular formula is C20H14N6O3. The van der Waals surface area contributed by atoms with Gasteiger partial charge in [0.2, 0.25) is 5.95 Å². The Morgan fingerprint density at radius 1 is 1.10 bits per heavy atom. The molecule has 0 radical (unpaired) electrons. The van der Waals surface area contributed by atoms with Crippen LogP contribution in [-0.4, -0.2) is 40.6 Å². The second-order valence-corrected chi connectivity index (χ2v) is 6.61. The topological polar surface area (TPSA) is 119 Å². The maximum Gasteiger partial charge on any atom is 0.338 e. The van der Waals surface area contributed by atoms with Crippen LogP contribution in [0.3, 0.4) is 0 Å². The molecule has 5 rings (SSSR count). The molecule has 3 heterocycles. The van der Waals surface area contributed by atoms with Gasteiger partial charge in [-0.25, -0.2) is 14.5 Å². The number of hydrogen-bond acceptors (Lipinski definition) is 5. The van der Waals surface area contributed by atoms with Crippen LogP contribution in [-0.2, 0) is 6.54 Å². The van der Waals surface area contributed by atoms with Gasteiger partial charge in [0.05, 0.1) is 24.5 Å². The molecule has 9 nitrogen and oxygen atoms in total. The van der Waals surface area contributed by atoms with Gasteiger partial charge in [-0.15, -0.1) is 0 Å². The highest BCUT2D eigenvalue weighted by atomic mass is 16.4. The van der Waals surface area contributed by atoms with Gasteiger partial charge in [0.1, 0.15) is 5.52 Å². The lowest BCUT2D eigenvalue weighted by Gasteiger charge is -2.03. The average Bonchev–Trinajstić information content (AvgIpc) is 3.35. The Bertz CT molecular complexity index is 1450. The first-order valence-corrected chi connectivity index (χ1v) is 8.80. The van der Waals surface area contributed by atoms with E-state index in [1.165, 1.54) is 17.1 Å². The minimum atomic E-state index is -1.11. The van der Waals surface area contributed by atoms with E-state index in [0.29, 0.717) is 12.1 Å². The maximum absolute atomic E-state index is 12.4. The number of carboxylic acids is 1. The zero-order chi connectivity index (χ0) is 20.0. The largest absolute Gasteiger partial charge is 0.478 e. The first-order valence-electron chi connectivity index (χ1n) is 8.80. The molecule has 0 aliphatic rings. The van der Waals surface area contributed by atoms with E-state index in [0.717, 1.165) is 16.3 Å². The lowest BCUT2D eigenvalue weighted by atomic mass is 10.1. The third kappa shape index (κ3) is 3.04. The van der Waals surface area contributed by atoms with E-state index in [9.17, 15) is 9.59 Å². The highest BCUT2D eigenvalue weighted by Gasteiger charge is 2.13. The number of benzene rings is 2. The Morgan fingerprint density at radius 3 is 2.72 bits per heavy atom. The smallest absolute Gasteiger partial charge is 0.338 e. The Balaban J connectivity index is 1.51. The van der Waals surface area contributed by atoms with Crippen LogP contribution in [0.2, 0.25) is 0 Å². The summed E-state index contributed by atoms with van der Waals surface area (Å²) >= 11 is 0.